The van der Waals surface area contributed by atoms with E-state index in [0.29, 0.717) is 5.02 Å². The van der Waals surface area contributed by atoms with Gasteiger partial charge < -0.3 is 10.6 Å². The fourth-order valence-electron chi connectivity index (χ4n) is 2.28. The number of halogens is 1. The van der Waals surface area contributed by atoms with Gasteiger partial charge in [-0.05, 0) is 44.4 Å². The van der Waals surface area contributed by atoms with Crippen LogP contribution in [0.15, 0.2) is 24.3 Å². The molecule has 1 aromatic carbocycles. The van der Waals surface area contributed by atoms with Crippen LogP contribution in [-0.4, -0.2) is 22.9 Å². The molecular weight excluding hydrogens is 272 g/mol. The minimum absolute atomic E-state index is 0.0116. The molecule has 0 aromatic heterocycles. The zero-order valence-corrected chi connectivity index (χ0v) is 13.7. The first-order valence-electron chi connectivity index (χ1n) is 7.09. The first-order valence-corrected chi connectivity index (χ1v) is 7.46. The van der Waals surface area contributed by atoms with Crippen LogP contribution in [0.3, 0.4) is 0 Å². The van der Waals surface area contributed by atoms with Gasteiger partial charge in [0.15, 0.2) is 0 Å². The van der Waals surface area contributed by atoms with Crippen molar-refractivity contribution in [3.63, 3.8) is 0 Å². The maximum atomic E-state index is 12.6. The maximum absolute atomic E-state index is 12.6. The minimum atomic E-state index is -0.473. The topological polar surface area (TPSA) is 46.3 Å². The number of benzene rings is 1. The SMILES string of the molecule is CC(C)[C@H](N)C(=O)N(C(C)C)[C@@H](C)c1cccc(Cl)c1. The summed E-state index contributed by atoms with van der Waals surface area (Å²) in [7, 11) is 0. The van der Waals surface area contributed by atoms with Crippen LogP contribution < -0.4 is 5.73 Å². The van der Waals surface area contributed by atoms with Crippen LogP contribution in [0.1, 0.15) is 46.2 Å². The molecule has 1 aromatic rings. The second-order valence-electron chi connectivity index (χ2n) is 5.84. The third-order valence-corrected chi connectivity index (χ3v) is 3.80. The Morgan fingerprint density at radius 1 is 1.20 bits per heavy atom. The second-order valence-corrected chi connectivity index (χ2v) is 6.28. The zero-order valence-electron chi connectivity index (χ0n) is 12.9. The Kier molecular flexibility index (Phi) is 6.03. The molecule has 0 fully saturated rings. The van der Waals surface area contributed by atoms with Crippen LogP contribution in [0.2, 0.25) is 5.02 Å². The molecule has 0 saturated heterocycles. The van der Waals surface area contributed by atoms with E-state index in [1.807, 2.05) is 63.8 Å². The molecule has 0 aliphatic carbocycles. The Labute approximate surface area is 127 Å². The lowest BCUT2D eigenvalue weighted by Crippen LogP contribution is -2.50. The number of nitrogens with zero attached hydrogens (tertiary/aromatic N) is 1. The van der Waals surface area contributed by atoms with Gasteiger partial charge in [0, 0.05) is 11.1 Å². The Hall–Kier alpha value is -1.06. The van der Waals surface area contributed by atoms with Crippen LogP contribution >= 0.6 is 11.6 Å². The quantitative estimate of drug-likeness (QED) is 0.902. The third kappa shape index (κ3) is 3.97. The smallest absolute Gasteiger partial charge is 0.240 e. The van der Waals surface area contributed by atoms with E-state index in [0.717, 1.165) is 5.56 Å². The van der Waals surface area contributed by atoms with E-state index in [-0.39, 0.29) is 23.9 Å². The molecule has 0 unspecified atom stereocenters. The summed E-state index contributed by atoms with van der Waals surface area (Å²) in [4.78, 5) is 14.4. The van der Waals surface area contributed by atoms with E-state index in [9.17, 15) is 4.79 Å². The summed E-state index contributed by atoms with van der Waals surface area (Å²) in [5, 5.41) is 0.679. The zero-order chi connectivity index (χ0) is 15.4. The molecule has 0 bridgehead atoms. The monoisotopic (exact) mass is 296 g/mol. The number of amides is 1. The Morgan fingerprint density at radius 3 is 2.25 bits per heavy atom. The fourth-order valence-corrected chi connectivity index (χ4v) is 2.48. The molecule has 0 radical (unpaired) electrons. The van der Waals surface area contributed by atoms with Crippen LogP contribution in [0, 0.1) is 5.92 Å². The average Bonchev–Trinajstić information content (AvgIpc) is 2.37. The largest absolute Gasteiger partial charge is 0.332 e. The highest BCUT2D eigenvalue weighted by Crippen LogP contribution is 2.26. The summed E-state index contributed by atoms with van der Waals surface area (Å²) in [6, 6.07) is 7.18. The molecule has 20 heavy (non-hydrogen) atoms. The summed E-state index contributed by atoms with van der Waals surface area (Å²) < 4.78 is 0. The second kappa shape index (κ2) is 7.09. The van der Waals surface area contributed by atoms with E-state index < -0.39 is 6.04 Å². The van der Waals surface area contributed by atoms with Gasteiger partial charge in [0.05, 0.1) is 12.1 Å². The first-order chi connectivity index (χ1) is 9.25. The van der Waals surface area contributed by atoms with Gasteiger partial charge in [-0.25, -0.2) is 0 Å². The molecule has 1 rings (SSSR count). The van der Waals surface area contributed by atoms with Gasteiger partial charge in [-0.2, -0.15) is 0 Å². The molecule has 112 valence electrons. The van der Waals surface area contributed by atoms with Crippen LogP contribution in [0.5, 0.6) is 0 Å². The molecule has 0 heterocycles. The van der Waals surface area contributed by atoms with Gasteiger partial charge in [-0.15, -0.1) is 0 Å². The Balaban J connectivity index is 3.05. The van der Waals surface area contributed by atoms with Crippen molar-refractivity contribution in [2.24, 2.45) is 11.7 Å². The van der Waals surface area contributed by atoms with Gasteiger partial charge in [0.25, 0.3) is 0 Å². The van der Waals surface area contributed by atoms with Gasteiger partial charge in [-0.3, -0.25) is 4.79 Å². The van der Waals surface area contributed by atoms with Crippen molar-refractivity contribution >= 4 is 17.5 Å². The van der Waals surface area contributed by atoms with Crippen LogP contribution in [0.4, 0.5) is 0 Å². The average molecular weight is 297 g/mol. The Bertz CT molecular complexity index is 460. The number of hydrogen-bond donors (Lipinski definition) is 1. The molecule has 3 nitrogen and oxygen atoms in total. The van der Waals surface area contributed by atoms with Crippen molar-refractivity contribution in [3.05, 3.63) is 34.9 Å². The highest BCUT2D eigenvalue weighted by atomic mass is 35.5. The molecule has 0 spiro atoms. The predicted octanol–water partition coefficient (Wildman–Crippen LogP) is 3.62. The number of hydrogen-bond acceptors (Lipinski definition) is 2. The molecule has 2 N–H and O–H groups in total. The maximum Gasteiger partial charge on any atom is 0.240 e. The molecule has 4 heteroatoms. The molecular formula is C16H25ClN2O. The highest BCUT2D eigenvalue weighted by Gasteiger charge is 2.29. The van der Waals surface area contributed by atoms with Gasteiger partial charge in [-0.1, -0.05) is 37.6 Å². The standard InChI is InChI=1S/C16H25ClN2O/c1-10(2)15(18)16(20)19(11(3)4)12(5)13-7-6-8-14(17)9-13/h6-12,15H,18H2,1-5H3/t12-,15-/m0/s1. The van der Waals surface area contributed by atoms with Gasteiger partial charge in [0.1, 0.15) is 0 Å². The molecule has 2 atom stereocenters. The van der Waals surface area contributed by atoms with E-state index >= 15 is 0 Å². The number of carbonyl (C=O) groups is 1. The van der Waals surface area contributed by atoms with Gasteiger partial charge in [0.2, 0.25) is 5.91 Å². The number of rotatable bonds is 5. The molecule has 0 saturated carbocycles. The fraction of sp³-hybridized carbons (Fsp3) is 0.562. The lowest BCUT2D eigenvalue weighted by molar-refractivity contribution is -0.137. The van der Waals surface area contributed by atoms with Gasteiger partial charge >= 0.3 is 0 Å². The third-order valence-electron chi connectivity index (χ3n) is 3.56. The minimum Gasteiger partial charge on any atom is -0.332 e. The first kappa shape index (κ1) is 17.0. The molecule has 0 aliphatic rings. The van der Waals surface area contributed by atoms with E-state index in [2.05, 4.69) is 0 Å². The van der Waals surface area contributed by atoms with E-state index in [4.69, 9.17) is 17.3 Å². The summed E-state index contributed by atoms with van der Waals surface area (Å²) in [5.74, 6) is 0.109. The van der Waals surface area contributed by atoms with Crippen LogP contribution in [0.25, 0.3) is 0 Å². The number of nitrogens with two attached hydrogens (primary N) is 1. The van der Waals surface area contributed by atoms with Crippen molar-refractivity contribution in [1.82, 2.24) is 4.90 Å². The van der Waals surface area contributed by atoms with Crippen molar-refractivity contribution in [2.45, 2.75) is 52.7 Å². The lowest BCUT2D eigenvalue weighted by Gasteiger charge is -2.36. The molecule has 1 amide bonds. The highest BCUT2D eigenvalue weighted by molar-refractivity contribution is 6.30. The lowest BCUT2D eigenvalue weighted by atomic mass is 9.99. The predicted molar refractivity (Wildman–Crippen MR) is 84.7 cm³/mol. The van der Waals surface area contributed by atoms with Crippen LogP contribution in [-0.2, 0) is 4.79 Å². The summed E-state index contributed by atoms with van der Waals surface area (Å²) in [6.07, 6.45) is 0. The van der Waals surface area contributed by atoms with E-state index in [1.165, 1.54) is 0 Å². The Morgan fingerprint density at radius 2 is 1.80 bits per heavy atom. The summed E-state index contributed by atoms with van der Waals surface area (Å²) in [5.41, 5.74) is 7.05. The summed E-state index contributed by atoms with van der Waals surface area (Å²) in [6.45, 7) is 9.95. The number of carbonyl (C=O) groups excluding carboxylic acids is 1. The molecule has 0 aliphatic heterocycles. The van der Waals surface area contributed by atoms with Crippen molar-refractivity contribution in [3.8, 4) is 0 Å². The van der Waals surface area contributed by atoms with Crippen molar-refractivity contribution in [2.75, 3.05) is 0 Å². The summed E-state index contributed by atoms with van der Waals surface area (Å²) >= 11 is 6.04. The van der Waals surface area contributed by atoms with Crippen molar-refractivity contribution < 1.29 is 4.79 Å². The normalized spacial score (nSPS) is 14.4. The van der Waals surface area contributed by atoms with E-state index in [1.54, 1.807) is 0 Å². The van der Waals surface area contributed by atoms with Crippen molar-refractivity contribution in [1.29, 1.82) is 0 Å².